The molecule has 2 aromatic carbocycles. The average molecular weight is 348 g/mol. The molecule has 2 N–H and O–H groups in total. The van der Waals surface area contributed by atoms with Gasteiger partial charge in [0.05, 0.1) is 11.7 Å². The Kier molecular flexibility index (Phi) is 4.97. The number of hydrogen-bond acceptors (Lipinski definition) is 3. The molecule has 3 aromatic rings. The number of rotatable bonds is 5. The summed E-state index contributed by atoms with van der Waals surface area (Å²) in [4.78, 5) is 12.4. The zero-order valence-electron chi connectivity index (χ0n) is 14.8. The molecule has 4 rings (SSSR count). The highest BCUT2D eigenvalue weighted by molar-refractivity contribution is 5.94. The molecule has 5 heteroatoms. The number of aryl methyl sites for hydroxylation is 2. The van der Waals surface area contributed by atoms with Gasteiger partial charge in [0, 0.05) is 23.5 Å². The topological polar surface area (TPSA) is 59.0 Å². The first kappa shape index (κ1) is 16.8. The number of nitrogens with zero attached hydrogens (tertiary/aromatic N) is 2. The van der Waals surface area contributed by atoms with E-state index in [0.29, 0.717) is 0 Å². The molecule has 1 fully saturated rings. The summed E-state index contributed by atoms with van der Waals surface area (Å²) in [5, 5.41) is 12.1. The summed E-state index contributed by atoms with van der Waals surface area (Å²) < 4.78 is 2.03. The van der Waals surface area contributed by atoms with Crippen molar-refractivity contribution in [2.75, 3.05) is 13.1 Å². The number of benzene rings is 2. The van der Waals surface area contributed by atoms with Gasteiger partial charge < -0.3 is 10.6 Å². The molecule has 0 bridgehead atoms. The van der Waals surface area contributed by atoms with Gasteiger partial charge in [0.1, 0.15) is 0 Å². The largest absolute Gasteiger partial charge is 0.349 e. The van der Waals surface area contributed by atoms with Gasteiger partial charge in [-0.2, -0.15) is 5.10 Å². The van der Waals surface area contributed by atoms with E-state index in [1.807, 2.05) is 47.3 Å². The first-order valence-corrected chi connectivity index (χ1v) is 9.31. The lowest BCUT2D eigenvalue weighted by Crippen LogP contribution is -2.42. The molecule has 1 aromatic heterocycles. The Bertz CT molecular complexity index is 878. The van der Waals surface area contributed by atoms with Crippen LogP contribution in [0.3, 0.4) is 0 Å². The lowest BCUT2D eigenvalue weighted by atomic mass is 10.0. The van der Waals surface area contributed by atoms with Crippen molar-refractivity contribution in [3.8, 4) is 0 Å². The summed E-state index contributed by atoms with van der Waals surface area (Å²) in [5.74, 6) is 0.0292. The van der Waals surface area contributed by atoms with Gasteiger partial charge in [0.25, 0.3) is 5.91 Å². The van der Waals surface area contributed by atoms with Crippen LogP contribution >= 0.6 is 0 Å². The molecule has 5 nitrogen and oxygen atoms in total. The van der Waals surface area contributed by atoms with Crippen LogP contribution < -0.4 is 10.6 Å². The molecule has 1 aliphatic heterocycles. The number of piperidine rings is 1. The monoisotopic (exact) mass is 348 g/mol. The van der Waals surface area contributed by atoms with Gasteiger partial charge in [-0.15, -0.1) is 0 Å². The second-order valence-electron chi connectivity index (χ2n) is 6.87. The van der Waals surface area contributed by atoms with Crippen LogP contribution in [0.2, 0.25) is 0 Å². The van der Waals surface area contributed by atoms with Crippen molar-refractivity contribution in [2.45, 2.75) is 31.8 Å². The van der Waals surface area contributed by atoms with E-state index in [1.54, 1.807) is 0 Å². The van der Waals surface area contributed by atoms with Gasteiger partial charge in [-0.05, 0) is 56.1 Å². The molecule has 0 aliphatic carbocycles. The number of amides is 1. The summed E-state index contributed by atoms with van der Waals surface area (Å²) in [7, 11) is 0. The van der Waals surface area contributed by atoms with Crippen LogP contribution in [-0.4, -0.2) is 34.8 Å². The van der Waals surface area contributed by atoms with E-state index in [0.717, 1.165) is 55.4 Å². The number of para-hydroxylation sites is 1. The lowest BCUT2D eigenvalue weighted by Gasteiger charge is -2.23. The molecule has 0 atom stereocenters. The number of carbonyl (C=O) groups is 1. The predicted octanol–water partition coefficient (Wildman–Crippen LogP) is 2.76. The van der Waals surface area contributed by atoms with E-state index < -0.39 is 0 Å². The van der Waals surface area contributed by atoms with Gasteiger partial charge in [-0.1, -0.05) is 30.3 Å². The summed E-state index contributed by atoms with van der Waals surface area (Å²) in [6.07, 6.45) is 4.80. The first-order valence-electron chi connectivity index (χ1n) is 9.31. The van der Waals surface area contributed by atoms with Crippen LogP contribution in [0.25, 0.3) is 10.9 Å². The van der Waals surface area contributed by atoms with Crippen molar-refractivity contribution in [1.29, 1.82) is 0 Å². The Hall–Kier alpha value is -2.66. The normalized spacial score (nSPS) is 15.2. The van der Waals surface area contributed by atoms with E-state index in [1.165, 1.54) is 5.56 Å². The molecule has 0 spiro atoms. The van der Waals surface area contributed by atoms with E-state index in [-0.39, 0.29) is 11.9 Å². The second-order valence-corrected chi connectivity index (χ2v) is 6.87. The molecule has 1 amide bonds. The molecule has 2 heterocycles. The lowest BCUT2D eigenvalue weighted by molar-refractivity contribution is 0.0929. The smallest absolute Gasteiger partial charge is 0.251 e. The SMILES string of the molecule is O=C(NC1CCNCC1)c1ccc(CCn2ncc3ccccc32)cc1. The summed E-state index contributed by atoms with van der Waals surface area (Å²) in [6.45, 7) is 2.78. The van der Waals surface area contributed by atoms with Crippen molar-refractivity contribution in [1.82, 2.24) is 20.4 Å². The van der Waals surface area contributed by atoms with Gasteiger partial charge in [-0.25, -0.2) is 0 Å². The van der Waals surface area contributed by atoms with Crippen LogP contribution in [0, 0.1) is 0 Å². The molecule has 1 aliphatic rings. The zero-order chi connectivity index (χ0) is 17.8. The highest BCUT2D eigenvalue weighted by Gasteiger charge is 2.16. The van der Waals surface area contributed by atoms with Crippen LogP contribution in [0.4, 0.5) is 0 Å². The zero-order valence-corrected chi connectivity index (χ0v) is 14.8. The molecule has 1 saturated heterocycles. The molecular formula is C21H24N4O. The third-order valence-electron chi connectivity index (χ3n) is 5.05. The van der Waals surface area contributed by atoms with Gasteiger partial charge in [-0.3, -0.25) is 9.48 Å². The van der Waals surface area contributed by atoms with Crippen molar-refractivity contribution >= 4 is 16.8 Å². The fraction of sp³-hybridized carbons (Fsp3) is 0.333. The number of nitrogens with one attached hydrogen (secondary N) is 2. The van der Waals surface area contributed by atoms with E-state index in [2.05, 4.69) is 27.9 Å². The maximum absolute atomic E-state index is 12.4. The van der Waals surface area contributed by atoms with E-state index >= 15 is 0 Å². The highest BCUT2D eigenvalue weighted by atomic mass is 16.1. The minimum Gasteiger partial charge on any atom is -0.349 e. The van der Waals surface area contributed by atoms with Gasteiger partial charge in [0.2, 0.25) is 0 Å². The Labute approximate surface area is 153 Å². The number of hydrogen-bond donors (Lipinski definition) is 2. The minimum atomic E-state index is 0.0292. The van der Waals surface area contributed by atoms with Crippen LogP contribution in [-0.2, 0) is 13.0 Å². The Morgan fingerprint density at radius 2 is 1.88 bits per heavy atom. The molecule has 26 heavy (non-hydrogen) atoms. The van der Waals surface area contributed by atoms with Crippen molar-refractivity contribution < 1.29 is 4.79 Å². The quantitative estimate of drug-likeness (QED) is 0.745. The van der Waals surface area contributed by atoms with E-state index in [4.69, 9.17) is 0 Å². The molecule has 0 radical (unpaired) electrons. The average Bonchev–Trinajstić information content (AvgIpc) is 3.11. The molecule has 0 unspecified atom stereocenters. The third-order valence-corrected chi connectivity index (χ3v) is 5.05. The fourth-order valence-electron chi connectivity index (χ4n) is 3.50. The molecule has 0 saturated carbocycles. The molecular weight excluding hydrogens is 324 g/mol. The summed E-state index contributed by atoms with van der Waals surface area (Å²) >= 11 is 0. The number of aromatic nitrogens is 2. The van der Waals surface area contributed by atoms with Crippen LogP contribution in [0.15, 0.2) is 54.7 Å². The number of carbonyl (C=O) groups excluding carboxylic acids is 1. The van der Waals surface area contributed by atoms with Gasteiger partial charge in [0.15, 0.2) is 0 Å². The first-order chi connectivity index (χ1) is 12.8. The summed E-state index contributed by atoms with van der Waals surface area (Å²) in [6, 6.07) is 16.5. The van der Waals surface area contributed by atoms with E-state index in [9.17, 15) is 4.79 Å². The maximum Gasteiger partial charge on any atom is 0.251 e. The van der Waals surface area contributed by atoms with Crippen LogP contribution in [0.1, 0.15) is 28.8 Å². The Balaban J connectivity index is 1.36. The maximum atomic E-state index is 12.4. The Morgan fingerprint density at radius 1 is 1.12 bits per heavy atom. The van der Waals surface area contributed by atoms with Gasteiger partial charge >= 0.3 is 0 Å². The predicted molar refractivity (Wildman–Crippen MR) is 103 cm³/mol. The van der Waals surface area contributed by atoms with Crippen molar-refractivity contribution in [3.05, 3.63) is 65.9 Å². The Morgan fingerprint density at radius 3 is 2.69 bits per heavy atom. The highest BCUT2D eigenvalue weighted by Crippen LogP contribution is 2.14. The second kappa shape index (κ2) is 7.70. The number of fused-ring (bicyclic) bond motifs is 1. The summed E-state index contributed by atoms with van der Waals surface area (Å²) in [5.41, 5.74) is 3.10. The third kappa shape index (κ3) is 3.78. The van der Waals surface area contributed by atoms with Crippen LogP contribution in [0.5, 0.6) is 0 Å². The van der Waals surface area contributed by atoms with Crippen molar-refractivity contribution in [2.24, 2.45) is 0 Å². The minimum absolute atomic E-state index is 0.0292. The van der Waals surface area contributed by atoms with Crippen molar-refractivity contribution in [3.63, 3.8) is 0 Å². The fourth-order valence-corrected chi connectivity index (χ4v) is 3.50. The standard InChI is InChI=1S/C21H24N4O/c26-21(24-19-9-12-22-13-10-19)17-7-5-16(6-8-17)11-14-25-20-4-2-1-3-18(20)15-23-25/h1-8,15,19,22H,9-14H2,(H,24,26). The molecule has 134 valence electrons.